The topological polar surface area (TPSA) is 71.1 Å². The van der Waals surface area contributed by atoms with Crippen LogP contribution >= 0.6 is 0 Å². The number of hydrogen-bond donors (Lipinski definition) is 1. The molecule has 0 aromatic heterocycles. The van der Waals surface area contributed by atoms with Gasteiger partial charge in [-0.2, -0.15) is 0 Å². The van der Waals surface area contributed by atoms with Gasteiger partial charge in [-0.25, -0.2) is 4.79 Å². The van der Waals surface area contributed by atoms with Gasteiger partial charge < -0.3 is 24.6 Å². The first-order chi connectivity index (χ1) is 13.4. The standard InChI is InChI=1S/C21H25N3O4/c1-14-5-7-16(8-6-14)22-21(26)23-11-12-24(20(25)15(23)2)18-13-17(27-3)9-10-19(18)28-4/h5-10,13,15H,11-12H2,1-4H3,(H,22,26)/t15-/m1/s1. The molecule has 7 nitrogen and oxygen atoms in total. The number of hydrogen-bond acceptors (Lipinski definition) is 4. The number of nitrogens with one attached hydrogen (secondary N) is 1. The highest BCUT2D eigenvalue weighted by Crippen LogP contribution is 2.34. The molecular formula is C21H25N3O4. The molecule has 3 rings (SSSR count). The Morgan fingerprint density at radius 2 is 1.79 bits per heavy atom. The van der Waals surface area contributed by atoms with Crippen molar-refractivity contribution in [1.29, 1.82) is 0 Å². The molecular weight excluding hydrogens is 358 g/mol. The van der Waals surface area contributed by atoms with Crippen molar-refractivity contribution in [3.8, 4) is 11.5 Å². The number of amides is 3. The SMILES string of the molecule is COc1ccc(OC)c(N2CCN(C(=O)Nc3ccc(C)cc3)[C@H](C)C2=O)c1. The fourth-order valence-corrected chi connectivity index (χ4v) is 3.23. The van der Waals surface area contributed by atoms with Crippen molar-refractivity contribution in [3.63, 3.8) is 0 Å². The largest absolute Gasteiger partial charge is 0.497 e. The van der Waals surface area contributed by atoms with Crippen LogP contribution in [0.25, 0.3) is 0 Å². The Balaban J connectivity index is 1.76. The summed E-state index contributed by atoms with van der Waals surface area (Å²) in [4.78, 5) is 28.9. The number of benzene rings is 2. The Hall–Kier alpha value is -3.22. The molecule has 148 valence electrons. The zero-order valence-corrected chi connectivity index (χ0v) is 16.6. The maximum Gasteiger partial charge on any atom is 0.322 e. The predicted octanol–water partition coefficient (Wildman–Crippen LogP) is 3.28. The first-order valence-corrected chi connectivity index (χ1v) is 9.12. The Morgan fingerprint density at radius 1 is 1.07 bits per heavy atom. The summed E-state index contributed by atoms with van der Waals surface area (Å²) >= 11 is 0. The maximum atomic E-state index is 13.0. The zero-order valence-electron chi connectivity index (χ0n) is 16.6. The molecule has 1 fully saturated rings. The predicted molar refractivity (Wildman–Crippen MR) is 108 cm³/mol. The van der Waals surface area contributed by atoms with Crippen LogP contribution in [0.1, 0.15) is 12.5 Å². The lowest BCUT2D eigenvalue weighted by Gasteiger charge is -2.39. The third-order valence-electron chi connectivity index (χ3n) is 4.90. The number of methoxy groups -OCH3 is 2. The van der Waals surface area contributed by atoms with Crippen LogP contribution in [0.3, 0.4) is 0 Å². The Labute approximate surface area is 164 Å². The Bertz CT molecular complexity index is 866. The molecule has 0 radical (unpaired) electrons. The van der Waals surface area contributed by atoms with Crippen molar-refractivity contribution in [2.75, 3.05) is 37.5 Å². The quantitative estimate of drug-likeness (QED) is 0.880. The third kappa shape index (κ3) is 3.88. The van der Waals surface area contributed by atoms with E-state index in [2.05, 4.69) is 5.32 Å². The van der Waals surface area contributed by atoms with Crippen molar-refractivity contribution in [1.82, 2.24) is 4.90 Å². The molecule has 2 aromatic rings. The zero-order chi connectivity index (χ0) is 20.3. The minimum atomic E-state index is -0.602. The highest BCUT2D eigenvalue weighted by Gasteiger charge is 2.36. The maximum absolute atomic E-state index is 13.0. The third-order valence-corrected chi connectivity index (χ3v) is 4.90. The van der Waals surface area contributed by atoms with Gasteiger partial charge in [0.15, 0.2) is 0 Å². The summed E-state index contributed by atoms with van der Waals surface area (Å²) in [5.41, 5.74) is 2.45. The van der Waals surface area contributed by atoms with Crippen LogP contribution in [-0.2, 0) is 4.79 Å². The molecule has 3 amide bonds. The van der Waals surface area contributed by atoms with Crippen molar-refractivity contribution >= 4 is 23.3 Å². The fraction of sp³-hybridized carbons (Fsp3) is 0.333. The molecule has 0 unspecified atom stereocenters. The van der Waals surface area contributed by atoms with Gasteiger partial charge in [0, 0.05) is 24.8 Å². The van der Waals surface area contributed by atoms with E-state index >= 15 is 0 Å². The minimum absolute atomic E-state index is 0.170. The lowest BCUT2D eigenvalue weighted by molar-refractivity contribution is -0.123. The van der Waals surface area contributed by atoms with Crippen LogP contribution in [0, 0.1) is 6.92 Å². The van der Waals surface area contributed by atoms with Gasteiger partial charge in [-0.15, -0.1) is 0 Å². The highest BCUT2D eigenvalue weighted by molar-refractivity contribution is 6.02. The van der Waals surface area contributed by atoms with Crippen LogP contribution in [0.15, 0.2) is 42.5 Å². The molecule has 1 aliphatic rings. The first kappa shape index (κ1) is 19.5. The molecule has 1 saturated heterocycles. The lowest BCUT2D eigenvalue weighted by atomic mass is 10.1. The van der Waals surface area contributed by atoms with Crippen molar-refractivity contribution in [3.05, 3.63) is 48.0 Å². The molecule has 1 N–H and O–H groups in total. The summed E-state index contributed by atoms with van der Waals surface area (Å²) in [6, 6.07) is 12.0. The van der Waals surface area contributed by atoms with E-state index in [1.807, 2.05) is 31.2 Å². The number of urea groups is 1. The number of aryl methyl sites for hydroxylation is 1. The molecule has 0 bridgehead atoms. The van der Waals surface area contributed by atoms with Gasteiger partial charge in [0.2, 0.25) is 5.91 Å². The van der Waals surface area contributed by atoms with Gasteiger partial charge >= 0.3 is 6.03 Å². The molecule has 0 aliphatic carbocycles. The molecule has 2 aromatic carbocycles. The number of ether oxygens (including phenoxy) is 2. The second kappa shape index (κ2) is 8.21. The van der Waals surface area contributed by atoms with E-state index in [-0.39, 0.29) is 11.9 Å². The second-order valence-electron chi connectivity index (χ2n) is 6.69. The average Bonchev–Trinajstić information content (AvgIpc) is 2.71. The van der Waals surface area contributed by atoms with Crippen molar-refractivity contribution in [2.45, 2.75) is 19.9 Å². The summed E-state index contributed by atoms with van der Waals surface area (Å²) < 4.78 is 10.7. The van der Waals surface area contributed by atoms with Crippen LogP contribution in [-0.4, -0.2) is 50.2 Å². The molecule has 28 heavy (non-hydrogen) atoms. The fourth-order valence-electron chi connectivity index (χ4n) is 3.23. The van der Waals surface area contributed by atoms with E-state index in [4.69, 9.17) is 9.47 Å². The second-order valence-corrected chi connectivity index (χ2v) is 6.69. The van der Waals surface area contributed by atoms with Gasteiger partial charge in [-0.3, -0.25) is 4.79 Å². The van der Waals surface area contributed by atoms with E-state index in [1.165, 1.54) is 0 Å². The molecule has 7 heteroatoms. The molecule has 1 aliphatic heterocycles. The highest BCUT2D eigenvalue weighted by atomic mass is 16.5. The monoisotopic (exact) mass is 383 g/mol. The van der Waals surface area contributed by atoms with E-state index in [9.17, 15) is 9.59 Å². The lowest BCUT2D eigenvalue weighted by Crippen LogP contribution is -2.58. The molecule has 1 atom stereocenters. The van der Waals surface area contributed by atoms with Crippen molar-refractivity contribution in [2.24, 2.45) is 0 Å². The smallest absolute Gasteiger partial charge is 0.322 e. The van der Waals surface area contributed by atoms with E-state index < -0.39 is 6.04 Å². The minimum Gasteiger partial charge on any atom is -0.497 e. The number of carbonyl (C=O) groups excluding carboxylic acids is 2. The first-order valence-electron chi connectivity index (χ1n) is 9.12. The summed E-state index contributed by atoms with van der Waals surface area (Å²) in [6.07, 6.45) is 0. The molecule has 1 heterocycles. The number of rotatable bonds is 4. The number of carbonyl (C=O) groups is 2. The van der Waals surface area contributed by atoms with Gasteiger partial charge in [0.25, 0.3) is 0 Å². The summed E-state index contributed by atoms with van der Waals surface area (Å²) in [7, 11) is 3.13. The van der Waals surface area contributed by atoms with Crippen LogP contribution in [0.4, 0.5) is 16.2 Å². The summed E-state index contributed by atoms with van der Waals surface area (Å²) in [5, 5.41) is 2.86. The van der Waals surface area contributed by atoms with E-state index in [0.717, 1.165) is 5.56 Å². The van der Waals surface area contributed by atoms with Gasteiger partial charge in [0.1, 0.15) is 17.5 Å². The van der Waals surface area contributed by atoms with Gasteiger partial charge in [-0.05, 0) is 38.1 Å². The normalized spacial score (nSPS) is 16.7. The Kier molecular flexibility index (Phi) is 5.73. The van der Waals surface area contributed by atoms with Gasteiger partial charge in [-0.1, -0.05) is 17.7 Å². The van der Waals surface area contributed by atoms with Gasteiger partial charge in [0.05, 0.1) is 19.9 Å². The van der Waals surface area contributed by atoms with Crippen molar-refractivity contribution < 1.29 is 19.1 Å². The number of nitrogens with zero attached hydrogens (tertiary/aromatic N) is 2. The number of anilines is 2. The number of piperazine rings is 1. The summed E-state index contributed by atoms with van der Waals surface area (Å²) in [5.74, 6) is 1.05. The summed E-state index contributed by atoms with van der Waals surface area (Å²) in [6.45, 7) is 4.49. The average molecular weight is 383 g/mol. The Morgan fingerprint density at radius 3 is 2.43 bits per heavy atom. The van der Waals surface area contributed by atoms with Crippen LogP contribution in [0.5, 0.6) is 11.5 Å². The van der Waals surface area contributed by atoms with Crippen LogP contribution in [0.2, 0.25) is 0 Å². The molecule has 0 spiro atoms. The molecule has 0 saturated carbocycles. The van der Waals surface area contributed by atoms with E-state index in [0.29, 0.717) is 36.0 Å². The van der Waals surface area contributed by atoms with Crippen LogP contribution < -0.4 is 19.7 Å². The van der Waals surface area contributed by atoms with E-state index in [1.54, 1.807) is 49.1 Å².